The Labute approximate surface area is 200 Å². The number of ether oxygens (including phenoxy) is 1. The van der Waals surface area contributed by atoms with Gasteiger partial charge in [-0.05, 0) is 41.0 Å². The van der Waals surface area contributed by atoms with Gasteiger partial charge in [0.1, 0.15) is 6.61 Å². The third-order valence-electron chi connectivity index (χ3n) is 7.10. The maximum atomic E-state index is 12.8. The summed E-state index contributed by atoms with van der Waals surface area (Å²) in [6, 6.07) is 16.1. The Morgan fingerprint density at radius 2 is 1.62 bits per heavy atom. The zero-order valence-corrected chi connectivity index (χ0v) is 19.5. The first-order chi connectivity index (χ1) is 16.4. The van der Waals surface area contributed by atoms with Crippen LogP contribution in [0.1, 0.15) is 55.6 Å². The van der Waals surface area contributed by atoms with Gasteiger partial charge in [-0.1, -0.05) is 61.4 Å². The van der Waals surface area contributed by atoms with E-state index in [1.807, 2.05) is 24.3 Å². The molecule has 34 heavy (non-hydrogen) atoms. The summed E-state index contributed by atoms with van der Waals surface area (Å²) < 4.78 is 5.70. The minimum Gasteiger partial charge on any atom is -0.481 e. The number of carbonyl (C=O) groups is 3. The number of hydrogen-bond acceptors (Lipinski definition) is 4. The van der Waals surface area contributed by atoms with Crippen LogP contribution in [-0.2, 0) is 14.3 Å². The molecule has 1 saturated carbocycles. The number of benzene rings is 2. The summed E-state index contributed by atoms with van der Waals surface area (Å²) in [4.78, 5) is 37.8. The summed E-state index contributed by atoms with van der Waals surface area (Å²) in [5.41, 5.74) is 4.65. The molecule has 2 aromatic carbocycles. The Morgan fingerprint density at radius 1 is 1.03 bits per heavy atom. The standard InChI is InChI=1S/C27H32N2O5/c1-29(15-14-26(31)32)25(30)16-24(18-8-2-3-9-18)28-27(33)34-17-23-21-12-6-4-10-19(21)20-11-5-7-13-22(20)23/h4-7,10-13,18,23-24H,2-3,8-9,14-17H2,1H3,(H,28,33)(H,31,32). The molecule has 7 nitrogen and oxygen atoms in total. The van der Waals surface area contributed by atoms with Gasteiger partial charge in [0.25, 0.3) is 0 Å². The first kappa shape index (κ1) is 23.8. The van der Waals surface area contributed by atoms with E-state index in [1.54, 1.807) is 7.05 Å². The summed E-state index contributed by atoms with van der Waals surface area (Å²) in [6.45, 7) is 0.375. The molecule has 0 radical (unpaired) electrons. The molecule has 2 N–H and O–H groups in total. The van der Waals surface area contributed by atoms with Crippen LogP contribution in [0.15, 0.2) is 48.5 Å². The normalized spacial score (nSPS) is 15.9. The van der Waals surface area contributed by atoms with Crippen molar-refractivity contribution in [3.05, 3.63) is 59.7 Å². The molecule has 2 aliphatic carbocycles. The van der Waals surface area contributed by atoms with E-state index in [1.165, 1.54) is 16.0 Å². The average molecular weight is 465 g/mol. The number of hydrogen-bond donors (Lipinski definition) is 2. The number of carboxylic acid groups (broad SMARTS) is 1. The molecule has 7 heteroatoms. The lowest BCUT2D eigenvalue weighted by Gasteiger charge is -2.26. The Morgan fingerprint density at radius 3 is 2.21 bits per heavy atom. The minimum absolute atomic E-state index is 0.0214. The van der Waals surface area contributed by atoms with Gasteiger partial charge in [0.2, 0.25) is 5.91 Å². The molecule has 0 aromatic heterocycles. The van der Waals surface area contributed by atoms with Gasteiger partial charge in [0, 0.05) is 32.0 Å². The summed E-state index contributed by atoms with van der Waals surface area (Å²) in [7, 11) is 1.60. The van der Waals surface area contributed by atoms with E-state index in [-0.39, 0.29) is 49.8 Å². The van der Waals surface area contributed by atoms with Gasteiger partial charge >= 0.3 is 12.1 Å². The van der Waals surface area contributed by atoms with Crippen molar-refractivity contribution < 1.29 is 24.2 Å². The number of carboxylic acids is 1. The fourth-order valence-electron chi connectivity index (χ4n) is 5.22. The summed E-state index contributed by atoms with van der Waals surface area (Å²) in [5.74, 6) is -0.912. The van der Waals surface area contributed by atoms with E-state index in [0.29, 0.717) is 0 Å². The monoisotopic (exact) mass is 464 g/mol. The third-order valence-corrected chi connectivity index (χ3v) is 7.10. The highest BCUT2D eigenvalue weighted by molar-refractivity contribution is 5.80. The molecular weight excluding hydrogens is 432 g/mol. The Balaban J connectivity index is 1.39. The second-order valence-corrected chi connectivity index (χ2v) is 9.28. The van der Waals surface area contributed by atoms with Crippen molar-refractivity contribution in [1.29, 1.82) is 0 Å². The molecule has 2 aliphatic rings. The predicted octanol–water partition coefficient (Wildman–Crippen LogP) is 4.41. The fourth-order valence-corrected chi connectivity index (χ4v) is 5.22. The van der Waals surface area contributed by atoms with Crippen molar-refractivity contribution in [2.45, 2.75) is 50.5 Å². The molecule has 0 spiro atoms. The highest BCUT2D eigenvalue weighted by Crippen LogP contribution is 2.44. The van der Waals surface area contributed by atoms with Crippen LogP contribution in [0.5, 0.6) is 0 Å². The van der Waals surface area contributed by atoms with Crippen molar-refractivity contribution in [2.75, 3.05) is 20.2 Å². The van der Waals surface area contributed by atoms with Gasteiger partial charge in [-0.3, -0.25) is 9.59 Å². The minimum atomic E-state index is -0.941. The topological polar surface area (TPSA) is 95.9 Å². The number of aliphatic carboxylic acids is 1. The van der Waals surface area contributed by atoms with E-state index in [0.717, 1.165) is 36.8 Å². The lowest BCUT2D eigenvalue weighted by Crippen LogP contribution is -2.44. The fraction of sp³-hybridized carbons (Fsp3) is 0.444. The molecule has 180 valence electrons. The van der Waals surface area contributed by atoms with Crippen LogP contribution >= 0.6 is 0 Å². The van der Waals surface area contributed by atoms with Crippen LogP contribution in [-0.4, -0.2) is 54.2 Å². The Hall–Kier alpha value is -3.35. The number of alkyl carbamates (subject to hydrolysis) is 1. The Bertz CT molecular complexity index is 1000. The number of fused-ring (bicyclic) bond motifs is 3. The van der Waals surface area contributed by atoms with Crippen molar-refractivity contribution in [1.82, 2.24) is 10.2 Å². The molecule has 0 aliphatic heterocycles. The maximum absolute atomic E-state index is 12.8. The molecule has 0 bridgehead atoms. The number of amides is 2. The summed E-state index contributed by atoms with van der Waals surface area (Å²) in [6.07, 6.45) is 3.61. The lowest BCUT2D eigenvalue weighted by atomic mass is 9.95. The van der Waals surface area contributed by atoms with E-state index >= 15 is 0 Å². The lowest BCUT2D eigenvalue weighted by molar-refractivity contribution is -0.138. The largest absolute Gasteiger partial charge is 0.481 e. The zero-order chi connectivity index (χ0) is 24.1. The molecule has 1 unspecified atom stereocenters. The highest BCUT2D eigenvalue weighted by Gasteiger charge is 2.32. The van der Waals surface area contributed by atoms with Crippen LogP contribution in [0, 0.1) is 5.92 Å². The van der Waals surface area contributed by atoms with Gasteiger partial charge in [-0.2, -0.15) is 0 Å². The molecule has 2 aromatic rings. The van der Waals surface area contributed by atoms with Crippen LogP contribution < -0.4 is 5.32 Å². The van der Waals surface area contributed by atoms with E-state index in [2.05, 4.69) is 29.6 Å². The first-order valence-electron chi connectivity index (χ1n) is 12.0. The summed E-state index contributed by atoms with van der Waals surface area (Å²) >= 11 is 0. The molecule has 0 heterocycles. The maximum Gasteiger partial charge on any atom is 0.407 e. The van der Waals surface area contributed by atoms with E-state index in [9.17, 15) is 14.4 Å². The quantitative estimate of drug-likeness (QED) is 0.573. The number of nitrogens with zero attached hydrogens (tertiary/aromatic N) is 1. The first-order valence-corrected chi connectivity index (χ1v) is 12.0. The second-order valence-electron chi connectivity index (χ2n) is 9.28. The number of nitrogens with one attached hydrogen (secondary N) is 1. The molecule has 2 amide bonds. The van der Waals surface area contributed by atoms with Gasteiger partial charge in [-0.25, -0.2) is 4.79 Å². The van der Waals surface area contributed by atoms with Crippen LogP contribution in [0.2, 0.25) is 0 Å². The zero-order valence-electron chi connectivity index (χ0n) is 19.5. The predicted molar refractivity (Wildman–Crippen MR) is 128 cm³/mol. The van der Waals surface area contributed by atoms with Crippen LogP contribution in [0.3, 0.4) is 0 Å². The van der Waals surface area contributed by atoms with Crippen molar-refractivity contribution in [3.8, 4) is 11.1 Å². The summed E-state index contributed by atoms with van der Waals surface area (Å²) in [5, 5.41) is 11.8. The van der Waals surface area contributed by atoms with Gasteiger partial charge in [0.15, 0.2) is 0 Å². The van der Waals surface area contributed by atoms with Crippen LogP contribution in [0.25, 0.3) is 11.1 Å². The SMILES string of the molecule is CN(CCC(=O)O)C(=O)CC(NC(=O)OCC1c2ccccc2-c2ccccc21)C1CCCC1. The van der Waals surface area contributed by atoms with Gasteiger partial charge < -0.3 is 20.1 Å². The molecule has 4 rings (SSSR count). The van der Waals surface area contributed by atoms with Crippen molar-refractivity contribution >= 4 is 18.0 Å². The molecule has 1 fully saturated rings. The third kappa shape index (κ3) is 5.41. The average Bonchev–Trinajstić information content (AvgIpc) is 3.47. The van der Waals surface area contributed by atoms with E-state index in [4.69, 9.17) is 9.84 Å². The second kappa shape index (κ2) is 10.7. The van der Waals surface area contributed by atoms with E-state index < -0.39 is 12.1 Å². The molecular formula is C27H32N2O5. The molecule has 1 atom stereocenters. The number of rotatable bonds is 9. The van der Waals surface area contributed by atoms with Crippen LogP contribution in [0.4, 0.5) is 4.79 Å². The van der Waals surface area contributed by atoms with Crippen molar-refractivity contribution in [2.24, 2.45) is 5.92 Å². The number of carbonyl (C=O) groups excluding carboxylic acids is 2. The van der Waals surface area contributed by atoms with Gasteiger partial charge in [-0.15, -0.1) is 0 Å². The molecule has 0 saturated heterocycles. The van der Waals surface area contributed by atoms with Gasteiger partial charge in [0.05, 0.1) is 6.42 Å². The van der Waals surface area contributed by atoms with Crippen molar-refractivity contribution in [3.63, 3.8) is 0 Å². The highest BCUT2D eigenvalue weighted by atomic mass is 16.5. The smallest absolute Gasteiger partial charge is 0.407 e. The Kier molecular flexibility index (Phi) is 7.50.